The fourth-order valence-electron chi connectivity index (χ4n) is 6.92. The molecule has 1 saturated heterocycles. The number of alkyl halides is 1. The third-order valence-electron chi connectivity index (χ3n) is 9.66. The molecule has 1 atom stereocenters. The Morgan fingerprint density at radius 2 is 1.93 bits per heavy atom. The first-order valence-corrected chi connectivity index (χ1v) is 15.0. The molecule has 3 saturated carbocycles. The van der Waals surface area contributed by atoms with Gasteiger partial charge in [0.2, 0.25) is 0 Å². The number of anilines is 1. The molecule has 44 heavy (non-hydrogen) atoms. The number of nitrogens with one attached hydrogen (secondary N) is 1. The zero-order chi connectivity index (χ0) is 30.7. The number of ether oxygens (including phenoxy) is 1. The van der Waals surface area contributed by atoms with Crippen LogP contribution in [-0.4, -0.2) is 81.7 Å². The van der Waals surface area contributed by atoms with E-state index in [-0.39, 0.29) is 23.7 Å². The molecule has 4 aromatic heterocycles. The van der Waals surface area contributed by atoms with Crippen molar-refractivity contribution in [2.75, 3.05) is 18.5 Å². The van der Waals surface area contributed by atoms with Crippen molar-refractivity contribution in [2.45, 2.75) is 81.8 Å². The molecule has 12 nitrogen and oxygen atoms in total. The fraction of sp³-hybridized carbons (Fsp3) is 0.484. The van der Waals surface area contributed by atoms with E-state index in [9.17, 15) is 19.6 Å². The first-order chi connectivity index (χ1) is 21.1. The lowest BCUT2D eigenvalue weighted by Gasteiger charge is -2.56. The van der Waals surface area contributed by atoms with Gasteiger partial charge in [-0.2, -0.15) is 10.4 Å². The van der Waals surface area contributed by atoms with Crippen LogP contribution < -0.4 is 5.32 Å². The number of amides is 1. The lowest BCUT2D eigenvalue weighted by Crippen LogP contribution is -2.61. The van der Waals surface area contributed by atoms with Crippen molar-refractivity contribution in [3.8, 4) is 28.7 Å². The van der Waals surface area contributed by atoms with Crippen molar-refractivity contribution in [2.24, 2.45) is 0 Å². The van der Waals surface area contributed by atoms with Crippen LogP contribution in [0.3, 0.4) is 0 Å². The maximum Gasteiger partial charge on any atom is 0.410 e. The molecular weight excluding hydrogens is 565 g/mol. The number of nitriles is 1. The zero-order valence-corrected chi connectivity index (χ0v) is 24.7. The Morgan fingerprint density at radius 1 is 1.16 bits per heavy atom. The molecule has 1 aliphatic heterocycles. The molecule has 5 heterocycles. The van der Waals surface area contributed by atoms with Gasteiger partial charge in [-0.1, -0.05) is 5.21 Å². The summed E-state index contributed by atoms with van der Waals surface area (Å²) in [6.45, 7) is 3.82. The number of pyridine rings is 1. The van der Waals surface area contributed by atoms with Crippen molar-refractivity contribution in [1.82, 2.24) is 34.5 Å². The zero-order valence-electron chi connectivity index (χ0n) is 24.7. The van der Waals surface area contributed by atoms with E-state index < -0.39 is 11.8 Å². The Bertz CT molecular complexity index is 1760. The minimum absolute atomic E-state index is 0.137. The Morgan fingerprint density at radius 3 is 2.61 bits per heavy atom. The summed E-state index contributed by atoms with van der Waals surface area (Å²) in [5.74, 6) is 0. The normalized spacial score (nSPS) is 24.0. The predicted octanol–water partition coefficient (Wildman–Crippen LogP) is 4.34. The van der Waals surface area contributed by atoms with Gasteiger partial charge in [0.25, 0.3) is 0 Å². The Kier molecular flexibility index (Phi) is 6.58. The third-order valence-corrected chi connectivity index (χ3v) is 9.66. The maximum atomic E-state index is 14.6. The first-order valence-electron chi connectivity index (χ1n) is 15.0. The molecule has 1 unspecified atom stereocenters. The highest BCUT2D eigenvalue weighted by atomic mass is 19.1. The van der Waals surface area contributed by atoms with Gasteiger partial charge < -0.3 is 15.2 Å². The molecule has 2 N–H and O–H groups in total. The molecule has 0 radical (unpaired) electrons. The minimum Gasteiger partial charge on any atom is -0.448 e. The average Bonchev–Trinajstić information content (AvgIpc) is 3.77. The van der Waals surface area contributed by atoms with Gasteiger partial charge in [-0.05, 0) is 76.6 Å². The maximum absolute atomic E-state index is 14.6. The molecule has 0 aromatic carbocycles. The van der Waals surface area contributed by atoms with Gasteiger partial charge in [0.05, 0.1) is 53.6 Å². The number of hydrogen-bond donors (Lipinski definition) is 2. The van der Waals surface area contributed by atoms with E-state index in [1.165, 1.54) is 24.7 Å². The van der Waals surface area contributed by atoms with Gasteiger partial charge in [0.1, 0.15) is 24.5 Å². The number of fused-ring (bicyclic) bond motifs is 4. The molecule has 2 bridgehead atoms. The van der Waals surface area contributed by atoms with Crippen molar-refractivity contribution in [3.63, 3.8) is 0 Å². The Labute approximate surface area is 253 Å². The van der Waals surface area contributed by atoms with E-state index in [2.05, 4.69) is 26.8 Å². The van der Waals surface area contributed by atoms with Crippen LogP contribution in [0.15, 0.2) is 42.9 Å². The average molecular weight is 600 g/mol. The first kappa shape index (κ1) is 28.2. The predicted molar refractivity (Wildman–Crippen MR) is 158 cm³/mol. The van der Waals surface area contributed by atoms with Crippen LogP contribution >= 0.6 is 0 Å². The van der Waals surface area contributed by atoms with Crippen molar-refractivity contribution >= 4 is 17.3 Å². The summed E-state index contributed by atoms with van der Waals surface area (Å²) in [4.78, 5) is 19.1. The topological polar surface area (TPSA) is 146 Å². The number of aliphatic hydroxyl groups is 1. The lowest BCUT2D eigenvalue weighted by molar-refractivity contribution is -0.0120. The van der Waals surface area contributed by atoms with Gasteiger partial charge in [0.15, 0.2) is 0 Å². The molecule has 13 heteroatoms. The van der Waals surface area contributed by atoms with Crippen molar-refractivity contribution < 1.29 is 19.0 Å². The van der Waals surface area contributed by atoms with Crippen LogP contribution in [0.4, 0.5) is 14.9 Å². The number of aromatic nitrogens is 6. The van der Waals surface area contributed by atoms with Crippen LogP contribution in [0.1, 0.15) is 57.9 Å². The lowest BCUT2D eigenvalue weighted by atomic mass is 9.60. The molecule has 228 valence electrons. The number of nitrogens with zero attached hydrogens (tertiary/aromatic N) is 8. The van der Waals surface area contributed by atoms with Crippen LogP contribution in [0.25, 0.3) is 28.2 Å². The molecule has 4 fully saturated rings. The highest BCUT2D eigenvalue weighted by Gasteiger charge is 2.54. The van der Waals surface area contributed by atoms with E-state index in [0.717, 1.165) is 61.0 Å². The van der Waals surface area contributed by atoms with E-state index in [4.69, 9.17) is 9.72 Å². The molecule has 3 aliphatic carbocycles. The summed E-state index contributed by atoms with van der Waals surface area (Å²) in [5, 5.41) is 36.2. The molecule has 4 aromatic rings. The van der Waals surface area contributed by atoms with E-state index in [1.54, 1.807) is 23.0 Å². The molecule has 8 rings (SSSR count). The fourth-order valence-corrected chi connectivity index (χ4v) is 6.92. The third kappa shape index (κ3) is 4.83. The summed E-state index contributed by atoms with van der Waals surface area (Å²) in [6.07, 6.45) is 8.55. The number of carbonyl (C=O) groups is 1. The van der Waals surface area contributed by atoms with Gasteiger partial charge in [0, 0.05) is 28.5 Å². The van der Waals surface area contributed by atoms with Crippen LogP contribution in [0, 0.1) is 11.3 Å². The summed E-state index contributed by atoms with van der Waals surface area (Å²) in [5.41, 5.74) is 2.95. The summed E-state index contributed by atoms with van der Waals surface area (Å²) in [7, 11) is 0. The highest BCUT2D eigenvalue weighted by molar-refractivity contribution is 5.79. The van der Waals surface area contributed by atoms with Crippen molar-refractivity contribution in [3.05, 3.63) is 48.4 Å². The van der Waals surface area contributed by atoms with Gasteiger partial charge >= 0.3 is 6.09 Å². The van der Waals surface area contributed by atoms with Crippen LogP contribution in [-0.2, 0) is 11.3 Å². The van der Waals surface area contributed by atoms with Crippen molar-refractivity contribution in [1.29, 1.82) is 5.26 Å². The van der Waals surface area contributed by atoms with E-state index in [1.807, 2.05) is 23.1 Å². The second-order valence-corrected chi connectivity index (χ2v) is 12.9. The number of rotatable bonds is 8. The number of hydrogen-bond acceptors (Lipinski definition) is 9. The van der Waals surface area contributed by atoms with E-state index >= 15 is 0 Å². The van der Waals surface area contributed by atoms with Gasteiger partial charge in [-0.3, -0.25) is 9.88 Å². The Balaban J connectivity index is 1.23. The van der Waals surface area contributed by atoms with Crippen LogP contribution in [0.5, 0.6) is 0 Å². The second kappa shape index (κ2) is 10.3. The number of halogens is 1. The SMILES string of the molecule is CC(C)(O)C(F)Cn1cc(-c2cnc(-c3ccc4cc(C#N)cnn34)cc2NC23CCC(N4CCOC4=O)(CC2)CC3)nn1. The smallest absolute Gasteiger partial charge is 0.410 e. The molecular formula is C31H34FN9O3. The highest BCUT2D eigenvalue weighted by Crippen LogP contribution is 2.52. The Hall–Kier alpha value is -4.57. The summed E-state index contributed by atoms with van der Waals surface area (Å²) in [6, 6.07) is 9.71. The standard InChI is InChI=1S/C31H34FN9O3/c1-29(2,43)27(32)19-39-18-25(37-38-39)22-17-34-24(26-4-3-21-13-20(15-33)16-35-41(21)26)14-23(22)36-30-5-8-31(9-6-30,10-7-30)40-11-12-44-28(40)42/h3-4,13-14,16-18,27,43H,5-12,19H2,1-2H3,(H,34,36). The van der Waals surface area contributed by atoms with Gasteiger partial charge in [-0.15, -0.1) is 5.10 Å². The second-order valence-electron chi connectivity index (χ2n) is 12.9. The molecule has 0 spiro atoms. The minimum atomic E-state index is -1.52. The molecule has 1 amide bonds. The number of carbonyl (C=O) groups excluding carboxylic acids is 1. The van der Waals surface area contributed by atoms with Gasteiger partial charge in [-0.25, -0.2) is 18.4 Å². The number of cyclic esters (lactones) is 1. The molecule has 4 aliphatic rings. The van der Waals surface area contributed by atoms with E-state index in [0.29, 0.717) is 30.1 Å². The summed E-state index contributed by atoms with van der Waals surface area (Å²) < 4.78 is 23.1. The quantitative estimate of drug-likeness (QED) is 0.302. The van der Waals surface area contributed by atoms with Crippen LogP contribution in [0.2, 0.25) is 0 Å². The largest absolute Gasteiger partial charge is 0.448 e. The monoisotopic (exact) mass is 599 g/mol. The summed E-state index contributed by atoms with van der Waals surface area (Å²) >= 11 is 0.